The van der Waals surface area contributed by atoms with Crippen LogP contribution in [0.25, 0.3) is 0 Å². The second-order valence-corrected chi connectivity index (χ2v) is 5.90. The van der Waals surface area contributed by atoms with Gasteiger partial charge in [0.05, 0.1) is 0 Å². The molecule has 1 N–H and O–H groups in total. The van der Waals surface area contributed by atoms with Crippen LogP contribution in [0.5, 0.6) is 0 Å². The Hall–Kier alpha value is -1.06. The number of piperazine rings is 1. The zero-order valence-electron chi connectivity index (χ0n) is 13.4. The Kier molecular flexibility index (Phi) is 5.44. The highest BCUT2D eigenvalue weighted by Crippen LogP contribution is 2.25. The number of nitrogens with zero attached hydrogens (tertiary/aromatic N) is 2. The Labute approximate surface area is 124 Å². The van der Waals surface area contributed by atoms with E-state index in [1.54, 1.807) is 0 Å². The van der Waals surface area contributed by atoms with Gasteiger partial charge in [-0.1, -0.05) is 31.5 Å². The van der Waals surface area contributed by atoms with E-state index in [9.17, 15) is 0 Å². The summed E-state index contributed by atoms with van der Waals surface area (Å²) in [6, 6.07) is 7.55. The van der Waals surface area contributed by atoms with Crippen molar-refractivity contribution in [2.75, 3.05) is 38.1 Å². The highest BCUT2D eigenvalue weighted by molar-refractivity contribution is 5.55. The normalized spacial score (nSPS) is 20.4. The third-order valence-corrected chi connectivity index (χ3v) is 4.39. The summed E-state index contributed by atoms with van der Waals surface area (Å²) in [5, 5.41) is 3.47. The van der Waals surface area contributed by atoms with Crippen molar-refractivity contribution in [2.24, 2.45) is 0 Å². The molecule has 1 aromatic rings. The van der Waals surface area contributed by atoms with E-state index in [0.29, 0.717) is 6.04 Å². The van der Waals surface area contributed by atoms with Gasteiger partial charge in [-0.15, -0.1) is 0 Å². The lowest BCUT2D eigenvalue weighted by Crippen LogP contribution is -2.51. The van der Waals surface area contributed by atoms with Gasteiger partial charge in [0.15, 0.2) is 0 Å². The van der Waals surface area contributed by atoms with E-state index in [4.69, 9.17) is 0 Å². The summed E-state index contributed by atoms with van der Waals surface area (Å²) in [5.41, 5.74) is 4.21. The molecule has 0 bridgehead atoms. The van der Waals surface area contributed by atoms with E-state index < -0.39 is 0 Å². The smallest absolute Gasteiger partial charge is 0.0413 e. The monoisotopic (exact) mass is 275 g/mol. The van der Waals surface area contributed by atoms with Gasteiger partial charge in [0.1, 0.15) is 0 Å². The fourth-order valence-electron chi connectivity index (χ4n) is 3.03. The minimum absolute atomic E-state index is 0.678. The van der Waals surface area contributed by atoms with Crippen molar-refractivity contribution in [3.8, 4) is 0 Å². The number of likely N-dealkylation sites (N-methyl/N-ethyl adjacent to an activating group) is 1. The predicted octanol–water partition coefficient (Wildman–Crippen LogP) is 2.63. The molecule has 1 aliphatic heterocycles. The highest BCUT2D eigenvalue weighted by Gasteiger charge is 2.24. The summed E-state index contributed by atoms with van der Waals surface area (Å²) in [4.78, 5) is 5.06. The molecule has 1 aliphatic rings. The van der Waals surface area contributed by atoms with Crippen LogP contribution in [-0.4, -0.2) is 44.2 Å². The number of hydrogen-bond acceptors (Lipinski definition) is 3. The summed E-state index contributed by atoms with van der Waals surface area (Å²) in [6.07, 6.45) is 1.22. The summed E-state index contributed by atoms with van der Waals surface area (Å²) >= 11 is 0. The van der Waals surface area contributed by atoms with Crippen molar-refractivity contribution in [1.29, 1.82) is 0 Å². The molecule has 0 amide bonds. The van der Waals surface area contributed by atoms with Gasteiger partial charge in [0.2, 0.25) is 0 Å². The largest absolute Gasteiger partial charge is 0.368 e. The molecule has 1 heterocycles. The predicted molar refractivity (Wildman–Crippen MR) is 87.5 cm³/mol. The molecule has 1 unspecified atom stereocenters. The van der Waals surface area contributed by atoms with Crippen LogP contribution in [0.2, 0.25) is 0 Å². The molecule has 1 aromatic carbocycles. The van der Waals surface area contributed by atoms with E-state index in [1.807, 2.05) is 0 Å². The van der Waals surface area contributed by atoms with Gasteiger partial charge < -0.3 is 10.2 Å². The van der Waals surface area contributed by atoms with Gasteiger partial charge in [0.25, 0.3) is 0 Å². The molecule has 0 radical (unpaired) electrons. The first-order valence-electron chi connectivity index (χ1n) is 7.91. The Morgan fingerprint density at radius 3 is 2.75 bits per heavy atom. The van der Waals surface area contributed by atoms with E-state index in [-0.39, 0.29) is 0 Å². The quantitative estimate of drug-likeness (QED) is 0.891. The van der Waals surface area contributed by atoms with Crippen LogP contribution in [-0.2, 0) is 6.54 Å². The maximum Gasteiger partial charge on any atom is 0.0413 e. The van der Waals surface area contributed by atoms with Crippen molar-refractivity contribution in [1.82, 2.24) is 10.2 Å². The van der Waals surface area contributed by atoms with Crippen LogP contribution in [0, 0.1) is 6.92 Å². The summed E-state index contributed by atoms with van der Waals surface area (Å²) in [5.74, 6) is 0. The lowest BCUT2D eigenvalue weighted by molar-refractivity contribution is 0.213. The second-order valence-electron chi connectivity index (χ2n) is 5.90. The molecule has 1 saturated heterocycles. The van der Waals surface area contributed by atoms with Crippen LogP contribution in [0.1, 0.15) is 31.4 Å². The minimum atomic E-state index is 0.678. The molecule has 20 heavy (non-hydrogen) atoms. The Morgan fingerprint density at radius 2 is 2.05 bits per heavy atom. The summed E-state index contributed by atoms with van der Waals surface area (Å²) in [7, 11) is 2.25. The standard InChI is InChI=1S/C17H29N3/c1-5-16-13-20(10-9-19(16)4)17-8-7-14(3)11-15(17)12-18-6-2/h7-8,11,16,18H,5-6,9-10,12-13H2,1-4H3. The van der Waals surface area contributed by atoms with Crippen LogP contribution >= 0.6 is 0 Å². The van der Waals surface area contributed by atoms with E-state index in [1.165, 1.54) is 23.2 Å². The molecule has 112 valence electrons. The van der Waals surface area contributed by atoms with E-state index in [0.717, 1.165) is 32.7 Å². The first kappa shape index (κ1) is 15.3. The molecule has 0 spiro atoms. The molecule has 3 nitrogen and oxygen atoms in total. The Bertz CT molecular complexity index is 430. The van der Waals surface area contributed by atoms with Gasteiger partial charge >= 0.3 is 0 Å². The fourth-order valence-corrected chi connectivity index (χ4v) is 3.03. The summed E-state index contributed by atoms with van der Waals surface area (Å²) in [6.45, 7) is 12.1. The number of nitrogens with one attached hydrogen (secondary N) is 1. The molecule has 2 rings (SSSR count). The molecule has 0 aromatic heterocycles. The van der Waals surface area contributed by atoms with Gasteiger partial charge in [-0.05, 0) is 38.6 Å². The van der Waals surface area contributed by atoms with Crippen LogP contribution in [0.15, 0.2) is 18.2 Å². The minimum Gasteiger partial charge on any atom is -0.368 e. The third kappa shape index (κ3) is 3.53. The van der Waals surface area contributed by atoms with Crippen LogP contribution in [0.4, 0.5) is 5.69 Å². The lowest BCUT2D eigenvalue weighted by atomic mass is 10.0. The van der Waals surface area contributed by atoms with Gasteiger partial charge in [-0.2, -0.15) is 0 Å². The zero-order valence-corrected chi connectivity index (χ0v) is 13.4. The summed E-state index contributed by atoms with van der Waals surface area (Å²) < 4.78 is 0. The van der Waals surface area contributed by atoms with E-state index in [2.05, 4.69) is 61.1 Å². The number of benzene rings is 1. The molecule has 1 fully saturated rings. The Morgan fingerprint density at radius 1 is 1.25 bits per heavy atom. The highest BCUT2D eigenvalue weighted by atomic mass is 15.3. The second kappa shape index (κ2) is 7.09. The zero-order chi connectivity index (χ0) is 14.5. The molecule has 0 saturated carbocycles. The van der Waals surface area contributed by atoms with Crippen LogP contribution < -0.4 is 10.2 Å². The van der Waals surface area contributed by atoms with Gasteiger partial charge in [-0.25, -0.2) is 0 Å². The first-order chi connectivity index (χ1) is 9.65. The molecule has 1 atom stereocenters. The molecular formula is C17H29N3. The third-order valence-electron chi connectivity index (χ3n) is 4.39. The lowest BCUT2D eigenvalue weighted by Gasteiger charge is -2.41. The average Bonchev–Trinajstić information content (AvgIpc) is 2.46. The number of anilines is 1. The van der Waals surface area contributed by atoms with Gasteiger partial charge in [-0.3, -0.25) is 4.90 Å². The van der Waals surface area contributed by atoms with Crippen LogP contribution in [0.3, 0.4) is 0 Å². The molecule has 0 aliphatic carbocycles. The maximum absolute atomic E-state index is 3.47. The topological polar surface area (TPSA) is 18.5 Å². The van der Waals surface area contributed by atoms with E-state index >= 15 is 0 Å². The van der Waals surface area contributed by atoms with Crippen molar-refractivity contribution >= 4 is 5.69 Å². The average molecular weight is 275 g/mol. The van der Waals surface area contributed by atoms with Crippen molar-refractivity contribution < 1.29 is 0 Å². The Balaban J connectivity index is 2.18. The number of rotatable bonds is 5. The number of hydrogen-bond donors (Lipinski definition) is 1. The maximum atomic E-state index is 3.47. The fraction of sp³-hybridized carbons (Fsp3) is 0.647. The van der Waals surface area contributed by atoms with Crippen molar-refractivity contribution in [2.45, 2.75) is 39.8 Å². The van der Waals surface area contributed by atoms with Gasteiger partial charge in [0, 0.05) is 37.9 Å². The van der Waals surface area contributed by atoms with Crippen molar-refractivity contribution in [3.63, 3.8) is 0 Å². The SMILES string of the molecule is CCNCc1cc(C)ccc1N1CCN(C)C(CC)C1. The van der Waals surface area contributed by atoms with Crippen molar-refractivity contribution in [3.05, 3.63) is 29.3 Å². The first-order valence-corrected chi connectivity index (χ1v) is 7.91. The molecular weight excluding hydrogens is 246 g/mol. The molecule has 3 heteroatoms. The number of aryl methyl sites for hydroxylation is 1.